The van der Waals surface area contributed by atoms with Crippen LogP contribution in [0.25, 0.3) is 0 Å². The predicted molar refractivity (Wildman–Crippen MR) is 87.8 cm³/mol. The van der Waals surface area contributed by atoms with Crippen LogP contribution in [0.5, 0.6) is 5.75 Å². The van der Waals surface area contributed by atoms with E-state index in [1.807, 2.05) is 0 Å². The fraction of sp³-hybridized carbons (Fsp3) is 0.684. The standard InChI is InChI=1S/C19H29NO/c1-4-20-17(16-10-5-6-12-19(16,2)3)15-9-7-8-14-11-13-21-18(14)15/h7-9,16-17,20H,4-6,10-13H2,1-3H3. The first kappa shape index (κ1) is 14.9. The second-order valence-corrected chi connectivity index (χ2v) is 7.31. The first-order valence-corrected chi connectivity index (χ1v) is 8.61. The van der Waals surface area contributed by atoms with Gasteiger partial charge in [0, 0.05) is 18.0 Å². The quantitative estimate of drug-likeness (QED) is 0.881. The monoisotopic (exact) mass is 287 g/mol. The van der Waals surface area contributed by atoms with E-state index in [0.717, 1.165) is 19.6 Å². The van der Waals surface area contributed by atoms with Gasteiger partial charge in [0.15, 0.2) is 0 Å². The summed E-state index contributed by atoms with van der Waals surface area (Å²) in [5, 5.41) is 3.77. The smallest absolute Gasteiger partial charge is 0.127 e. The largest absolute Gasteiger partial charge is 0.493 e. The minimum atomic E-state index is 0.409. The van der Waals surface area contributed by atoms with Crippen LogP contribution in [0, 0.1) is 11.3 Å². The second-order valence-electron chi connectivity index (χ2n) is 7.31. The first-order chi connectivity index (χ1) is 10.1. The molecular weight excluding hydrogens is 258 g/mol. The highest BCUT2D eigenvalue weighted by molar-refractivity contribution is 5.46. The Hall–Kier alpha value is -1.02. The molecule has 0 bridgehead atoms. The molecule has 1 heterocycles. The van der Waals surface area contributed by atoms with Crippen LogP contribution in [0.2, 0.25) is 0 Å². The third-order valence-electron chi connectivity index (χ3n) is 5.50. The molecule has 0 spiro atoms. The van der Waals surface area contributed by atoms with Crippen molar-refractivity contribution < 1.29 is 4.74 Å². The molecule has 116 valence electrons. The van der Waals surface area contributed by atoms with E-state index in [9.17, 15) is 0 Å². The summed E-state index contributed by atoms with van der Waals surface area (Å²) in [7, 11) is 0. The van der Waals surface area contributed by atoms with E-state index in [2.05, 4.69) is 44.3 Å². The van der Waals surface area contributed by atoms with Crippen molar-refractivity contribution in [2.24, 2.45) is 11.3 Å². The third kappa shape index (κ3) is 2.83. The molecule has 0 saturated heterocycles. The summed E-state index contributed by atoms with van der Waals surface area (Å²) in [5.41, 5.74) is 3.20. The van der Waals surface area contributed by atoms with Gasteiger partial charge >= 0.3 is 0 Å². The summed E-state index contributed by atoms with van der Waals surface area (Å²) < 4.78 is 5.98. The van der Waals surface area contributed by atoms with Gasteiger partial charge in [-0.3, -0.25) is 0 Å². The molecule has 2 atom stereocenters. The van der Waals surface area contributed by atoms with Gasteiger partial charge in [-0.1, -0.05) is 51.8 Å². The summed E-state index contributed by atoms with van der Waals surface area (Å²) in [6.45, 7) is 8.98. The van der Waals surface area contributed by atoms with Crippen molar-refractivity contribution in [2.75, 3.05) is 13.2 Å². The lowest BCUT2D eigenvalue weighted by Crippen LogP contribution is -2.39. The molecule has 1 aromatic carbocycles. The Labute approximate surface area is 129 Å². The van der Waals surface area contributed by atoms with E-state index in [1.165, 1.54) is 42.6 Å². The van der Waals surface area contributed by atoms with Crippen molar-refractivity contribution in [1.29, 1.82) is 0 Å². The normalized spacial score (nSPS) is 25.2. The molecule has 21 heavy (non-hydrogen) atoms. The number of nitrogens with one attached hydrogen (secondary N) is 1. The minimum Gasteiger partial charge on any atom is -0.493 e. The zero-order valence-corrected chi connectivity index (χ0v) is 13.7. The molecule has 0 radical (unpaired) electrons. The minimum absolute atomic E-state index is 0.409. The molecule has 1 fully saturated rings. The van der Waals surface area contributed by atoms with Gasteiger partial charge in [0.05, 0.1) is 6.61 Å². The maximum Gasteiger partial charge on any atom is 0.127 e. The highest BCUT2D eigenvalue weighted by atomic mass is 16.5. The summed E-state index contributed by atoms with van der Waals surface area (Å²) in [5.74, 6) is 1.87. The van der Waals surface area contributed by atoms with Crippen molar-refractivity contribution in [3.05, 3.63) is 29.3 Å². The van der Waals surface area contributed by atoms with Gasteiger partial charge in [0.2, 0.25) is 0 Å². The molecule has 2 aliphatic rings. The number of hydrogen-bond donors (Lipinski definition) is 1. The van der Waals surface area contributed by atoms with Crippen LogP contribution in [0.15, 0.2) is 18.2 Å². The van der Waals surface area contributed by atoms with Crippen LogP contribution in [-0.4, -0.2) is 13.2 Å². The van der Waals surface area contributed by atoms with E-state index >= 15 is 0 Å². The molecule has 1 saturated carbocycles. The molecule has 2 heteroatoms. The number of fused-ring (bicyclic) bond motifs is 1. The Morgan fingerprint density at radius 3 is 2.95 bits per heavy atom. The number of benzene rings is 1. The Morgan fingerprint density at radius 1 is 1.33 bits per heavy atom. The summed E-state index contributed by atoms with van der Waals surface area (Å²) in [6.07, 6.45) is 6.48. The van der Waals surface area contributed by atoms with Crippen LogP contribution >= 0.6 is 0 Å². The second kappa shape index (κ2) is 6.00. The fourth-order valence-electron chi connectivity index (χ4n) is 4.31. The Morgan fingerprint density at radius 2 is 2.19 bits per heavy atom. The number of hydrogen-bond acceptors (Lipinski definition) is 2. The number of para-hydroxylation sites is 1. The zero-order chi connectivity index (χ0) is 14.9. The highest BCUT2D eigenvalue weighted by Gasteiger charge is 2.39. The van der Waals surface area contributed by atoms with Crippen molar-refractivity contribution in [3.8, 4) is 5.75 Å². The Kier molecular flexibility index (Phi) is 4.26. The van der Waals surface area contributed by atoms with Crippen molar-refractivity contribution >= 4 is 0 Å². The maximum absolute atomic E-state index is 5.98. The van der Waals surface area contributed by atoms with Crippen molar-refractivity contribution in [3.63, 3.8) is 0 Å². The van der Waals surface area contributed by atoms with Gasteiger partial charge in [-0.25, -0.2) is 0 Å². The van der Waals surface area contributed by atoms with Crippen LogP contribution in [0.3, 0.4) is 0 Å². The third-order valence-corrected chi connectivity index (χ3v) is 5.50. The van der Waals surface area contributed by atoms with Gasteiger partial charge in [0.1, 0.15) is 5.75 Å². The van der Waals surface area contributed by atoms with Crippen LogP contribution < -0.4 is 10.1 Å². The zero-order valence-electron chi connectivity index (χ0n) is 13.7. The van der Waals surface area contributed by atoms with E-state index in [4.69, 9.17) is 4.74 Å². The van der Waals surface area contributed by atoms with E-state index < -0.39 is 0 Å². The van der Waals surface area contributed by atoms with Gasteiger partial charge in [-0.05, 0) is 36.3 Å². The molecule has 0 aromatic heterocycles. The topological polar surface area (TPSA) is 21.3 Å². The molecule has 0 amide bonds. The van der Waals surface area contributed by atoms with Gasteiger partial charge in [-0.15, -0.1) is 0 Å². The lowest BCUT2D eigenvalue weighted by molar-refractivity contribution is 0.0977. The van der Waals surface area contributed by atoms with E-state index in [0.29, 0.717) is 17.4 Å². The lowest BCUT2D eigenvalue weighted by atomic mass is 9.64. The molecule has 1 aliphatic heterocycles. The average molecular weight is 287 g/mol. The van der Waals surface area contributed by atoms with Gasteiger partial charge in [0.25, 0.3) is 0 Å². The molecule has 2 unspecified atom stereocenters. The average Bonchev–Trinajstić information content (AvgIpc) is 2.93. The van der Waals surface area contributed by atoms with Crippen LogP contribution in [0.1, 0.15) is 63.6 Å². The molecule has 3 rings (SSSR count). The Balaban J connectivity index is 1.96. The summed E-state index contributed by atoms with van der Waals surface area (Å²) >= 11 is 0. The number of ether oxygens (including phenoxy) is 1. The molecular formula is C19H29NO. The van der Waals surface area contributed by atoms with E-state index in [1.54, 1.807) is 0 Å². The number of rotatable bonds is 4. The van der Waals surface area contributed by atoms with Gasteiger partial charge < -0.3 is 10.1 Å². The van der Waals surface area contributed by atoms with E-state index in [-0.39, 0.29) is 0 Å². The van der Waals surface area contributed by atoms with Gasteiger partial charge in [-0.2, -0.15) is 0 Å². The predicted octanol–water partition coefficient (Wildman–Crippen LogP) is 4.49. The maximum atomic E-state index is 5.98. The molecule has 1 aliphatic carbocycles. The summed E-state index contributed by atoms with van der Waals surface area (Å²) in [6, 6.07) is 7.14. The lowest BCUT2D eigenvalue weighted by Gasteiger charge is -2.44. The molecule has 2 nitrogen and oxygen atoms in total. The Bertz CT molecular complexity index is 494. The van der Waals surface area contributed by atoms with Crippen LogP contribution in [0.4, 0.5) is 0 Å². The molecule has 1 aromatic rings. The van der Waals surface area contributed by atoms with Crippen molar-refractivity contribution in [2.45, 2.75) is 58.9 Å². The highest BCUT2D eigenvalue weighted by Crippen LogP contribution is 2.49. The SMILES string of the molecule is CCNC(c1cccc2c1OCC2)C1CCCCC1(C)C. The van der Waals surface area contributed by atoms with Crippen molar-refractivity contribution in [1.82, 2.24) is 5.32 Å². The fourth-order valence-corrected chi connectivity index (χ4v) is 4.31. The van der Waals surface area contributed by atoms with Crippen LogP contribution in [-0.2, 0) is 6.42 Å². The summed E-state index contributed by atoms with van der Waals surface area (Å²) in [4.78, 5) is 0. The first-order valence-electron chi connectivity index (χ1n) is 8.61. The molecule has 1 N–H and O–H groups in total.